The zero-order valence-corrected chi connectivity index (χ0v) is 17.7. The van der Waals surface area contributed by atoms with E-state index in [2.05, 4.69) is 11.4 Å². The van der Waals surface area contributed by atoms with Gasteiger partial charge in [-0.25, -0.2) is 8.42 Å². The molecular formula is C22H28N2O4S. The van der Waals surface area contributed by atoms with Crippen molar-refractivity contribution in [2.75, 3.05) is 23.7 Å². The van der Waals surface area contributed by atoms with Gasteiger partial charge in [0.1, 0.15) is 12.3 Å². The summed E-state index contributed by atoms with van der Waals surface area (Å²) >= 11 is 0. The molecule has 156 valence electrons. The Labute approximate surface area is 172 Å². The molecule has 1 N–H and O–H groups in total. The SMILES string of the molecule is CCCOc1ccc(N(CC(=O)N[C@@H]2CCCc3ccccc32)S(C)(=O)=O)cc1. The molecule has 1 atom stereocenters. The molecule has 0 spiro atoms. The van der Waals surface area contributed by atoms with Crippen LogP contribution < -0.4 is 14.4 Å². The Bertz CT molecular complexity index is 942. The average molecular weight is 417 g/mol. The first kappa shape index (κ1) is 21.2. The maximum Gasteiger partial charge on any atom is 0.241 e. The fraction of sp³-hybridized carbons (Fsp3) is 0.409. The normalized spacial score (nSPS) is 16.0. The van der Waals surface area contributed by atoms with Gasteiger partial charge >= 0.3 is 0 Å². The molecule has 7 heteroatoms. The van der Waals surface area contributed by atoms with E-state index < -0.39 is 10.0 Å². The number of carbonyl (C=O) groups is 1. The van der Waals surface area contributed by atoms with Crippen molar-refractivity contribution >= 4 is 21.6 Å². The van der Waals surface area contributed by atoms with Gasteiger partial charge in [0.15, 0.2) is 0 Å². The molecule has 0 fully saturated rings. The van der Waals surface area contributed by atoms with Gasteiger partial charge in [0.25, 0.3) is 0 Å². The number of rotatable bonds is 8. The number of ether oxygens (including phenoxy) is 1. The van der Waals surface area contributed by atoms with Crippen molar-refractivity contribution in [3.05, 3.63) is 59.7 Å². The number of hydrogen-bond donors (Lipinski definition) is 1. The summed E-state index contributed by atoms with van der Waals surface area (Å²) in [5, 5.41) is 3.02. The number of carbonyl (C=O) groups excluding carboxylic acids is 1. The van der Waals surface area contributed by atoms with E-state index in [-0.39, 0.29) is 18.5 Å². The highest BCUT2D eigenvalue weighted by Crippen LogP contribution is 2.29. The summed E-state index contributed by atoms with van der Waals surface area (Å²) in [6, 6.07) is 14.8. The molecule has 0 heterocycles. The minimum atomic E-state index is -3.61. The van der Waals surface area contributed by atoms with Crippen molar-refractivity contribution in [3.63, 3.8) is 0 Å². The molecule has 1 amide bonds. The van der Waals surface area contributed by atoms with Crippen molar-refractivity contribution in [1.82, 2.24) is 5.32 Å². The second kappa shape index (κ2) is 9.31. The van der Waals surface area contributed by atoms with E-state index in [0.29, 0.717) is 18.0 Å². The zero-order valence-electron chi connectivity index (χ0n) is 16.9. The topological polar surface area (TPSA) is 75.7 Å². The number of benzene rings is 2. The van der Waals surface area contributed by atoms with Gasteiger partial charge in [0.2, 0.25) is 15.9 Å². The van der Waals surface area contributed by atoms with Crippen molar-refractivity contribution < 1.29 is 17.9 Å². The van der Waals surface area contributed by atoms with Crippen LogP contribution in [0.2, 0.25) is 0 Å². The second-order valence-electron chi connectivity index (χ2n) is 7.32. The lowest BCUT2D eigenvalue weighted by molar-refractivity contribution is -0.120. The Morgan fingerprint density at radius 2 is 1.90 bits per heavy atom. The maximum absolute atomic E-state index is 12.7. The molecule has 0 saturated heterocycles. The van der Waals surface area contributed by atoms with E-state index in [9.17, 15) is 13.2 Å². The summed E-state index contributed by atoms with van der Waals surface area (Å²) < 4.78 is 31.3. The van der Waals surface area contributed by atoms with Crippen LogP contribution in [-0.4, -0.2) is 33.7 Å². The van der Waals surface area contributed by atoms with Gasteiger partial charge in [-0.1, -0.05) is 31.2 Å². The minimum absolute atomic E-state index is 0.0846. The highest BCUT2D eigenvalue weighted by atomic mass is 32.2. The summed E-state index contributed by atoms with van der Waals surface area (Å²) in [5.41, 5.74) is 2.80. The van der Waals surface area contributed by atoms with E-state index in [4.69, 9.17) is 4.74 Å². The fourth-order valence-electron chi connectivity index (χ4n) is 3.60. The predicted octanol–water partition coefficient (Wildman–Crippen LogP) is 3.44. The van der Waals surface area contributed by atoms with Crippen LogP contribution in [0.4, 0.5) is 5.69 Å². The number of nitrogens with zero attached hydrogens (tertiary/aromatic N) is 1. The van der Waals surface area contributed by atoms with Crippen LogP contribution in [0.1, 0.15) is 43.4 Å². The number of fused-ring (bicyclic) bond motifs is 1. The van der Waals surface area contributed by atoms with Crippen molar-refractivity contribution in [2.24, 2.45) is 0 Å². The van der Waals surface area contributed by atoms with E-state index in [1.54, 1.807) is 24.3 Å². The Hall–Kier alpha value is -2.54. The van der Waals surface area contributed by atoms with Crippen LogP contribution >= 0.6 is 0 Å². The number of hydrogen-bond acceptors (Lipinski definition) is 4. The first-order valence-corrected chi connectivity index (χ1v) is 11.8. The highest BCUT2D eigenvalue weighted by molar-refractivity contribution is 7.92. The maximum atomic E-state index is 12.7. The Morgan fingerprint density at radius 1 is 1.17 bits per heavy atom. The van der Waals surface area contributed by atoms with Gasteiger partial charge in [-0.05, 0) is 61.1 Å². The summed E-state index contributed by atoms with van der Waals surface area (Å²) in [6.07, 6.45) is 4.85. The number of nitrogens with one attached hydrogen (secondary N) is 1. The number of amides is 1. The standard InChI is InChI=1S/C22H28N2O4S/c1-3-15-28-19-13-11-18(12-14-19)24(29(2,26)27)16-22(25)23-21-10-6-8-17-7-4-5-9-20(17)21/h4-5,7,9,11-14,21H,3,6,8,10,15-16H2,1-2H3,(H,23,25)/t21-/m1/s1. The van der Waals surface area contributed by atoms with Crippen LogP contribution in [0.5, 0.6) is 5.75 Å². The second-order valence-corrected chi connectivity index (χ2v) is 9.23. The van der Waals surface area contributed by atoms with E-state index in [1.165, 1.54) is 5.56 Å². The third-order valence-electron chi connectivity index (χ3n) is 4.99. The largest absolute Gasteiger partial charge is 0.494 e. The number of aryl methyl sites for hydroxylation is 1. The first-order valence-electron chi connectivity index (χ1n) is 9.96. The molecule has 0 aromatic heterocycles. The molecule has 29 heavy (non-hydrogen) atoms. The van der Waals surface area contributed by atoms with E-state index >= 15 is 0 Å². The lowest BCUT2D eigenvalue weighted by Gasteiger charge is -2.28. The smallest absolute Gasteiger partial charge is 0.241 e. The van der Waals surface area contributed by atoms with Gasteiger partial charge in [0, 0.05) is 0 Å². The number of anilines is 1. The molecule has 0 aliphatic heterocycles. The van der Waals surface area contributed by atoms with Gasteiger partial charge in [-0.2, -0.15) is 0 Å². The van der Waals surface area contributed by atoms with Crippen LogP contribution in [-0.2, 0) is 21.2 Å². The molecule has 0 saturated carbocycles. The van der Waals surface area contributed by atoms with Crippen molar-refractivity contribution in [2.45, 2.75) is 38.6 Å². The summed E-state index contributed by atoms with van der Waals surface area (Å²) in [4.78, 5) is 12.7. The van der Waals surface area contributed by atoms with Crippen LogP contribution in [0.15, 0.2) is 48.5 Å². The Balaban J connectivity index is 1.72. The summed E-state index contributed by atoms with van der Waals surface area (Å²) in [7, 11) is -3.61. The van der Waals surface area contributed by atoms with Gasteiger partial charge in [0.05, 0.1) is 24.6 Å². The molecule has 1 aliphatic carbocycles. The third kappa shape index (κ3) is 5.50. The molecule has 6 nitrogen and oxygen atoms in total. The van der Waals surface area contributed by atoms with Crippen molar-refractivity contribution in [3.8, 4) is 5.75 Å². The molecule has 3 rings (SSSR count). The average Bonchev–Trinajstić information content (AvgIpc) is 2.70. The van der Waals surface area contributed by atoms with E-state index in [0.717, 1.165) is 41.8 Å². The van der Waals surface area contributed by atoms with Crippen LogP contribution in [0.3, 0.4) is 0 Å². The molecule has 0 unspecified atom stereocenters. The molecule has 1 aliphatic rings. The Kier molecular flexibility index (Phi) is 6.79. The summed E-state index contributed by atoms with van der Waals surface area (Å²) in [5.74, 6) is 0.357. The molecular weight excluding hydrogens is 388 g/mol. The quantitative estimate of drug-likeness (QED) is 0.715. The Morgan fingerprint density at radius 3 is 2.59 bits per heavy atom. The summed E-state index contributed by atoms with van der Waals surface area (Å²) in [6.45, 7) is 2.36. The molecule has 2 aromatic rings. The van der Waals surface area contributed by atoms with Crippen LogP contribution in [0, 0.1) is 0 Å². The lowest BCUT2D eigenvalue weighted by atomic mass is 9.88. The first-order chi connectivity index (χ1) is 13.9. The lowest BCUT2D eigenvalue weighted by Crippen LogP contribution is -2.42. The molecule has 0 radical (unpaired) electrons. The van der Waals surface area contributed by atoms with Gasteiger partial charge in [-0.15, -0.1) is 0 Å². The minimum Gasteiger partial charge on any atom is -0.494 e. The molecule has 2 aromatic carbocycles. The predicted molar refractivity (Wildman–Crippen MR) is 115 cm³/mol. The van der Waals surface area contributed by atoms with Crippen LogP contribution in [0.25, 0.3) is 0 Å². The fourth-order valence-corrected chi connectivity index (χ4v) is 4.46. The number of sulfonamides is 1. The van der Waals surface area contributed by atoms with Gasteiger partial charge in [-0.3, -0.25) is 9.10 Å². The third-order valence-corrected chi connectivity index (χ3v) is 6.13. The van der Waals surface area contributed by atoms with Crippen molar-refractivity contribution in [1.29, 1.82) is 0 Å². The zero-order chi connectivity index (χ0) is 20.9. The monoisotopic (exact) mass is 416 g/mol. The van der Waals surface area contributed by atoms with Gasteiger partial charge < -0.3 is 10.1 Å². The van der Waals surface area contributed by atoms with E-state index in [1.807, 2.05) is 25.1 Å². The highest BCUT2D eigenvalue weighted by Gasteiger charge is 2.25. The molecule has 0 bridgehead atoms.